The molecule has 4 heteroatoms. The second kappa shape index (κ2) is 8.04. The molecule has 20 heavy (non-hydrogen) atoms. The highest BCUT2D eigenvalue weighted by Crippen LogP contribution is 2.32. The fourth-order valence-corrected chi connectivity index (χ4v) is 3.70. The summed E-state index contributed by atoms with van der Waals surface area (Å²) in [5, 5.41) is 8.78. The topological polar surface area (TPSA) is 29.9 Å². The molecule has 0 bridgehead atoms. The SMILES string of the molecule is CCNC(CCC1CCCCC1)c1c(Cl)cnn1CC. The van der Waals surface area contributed by atoms with Crippen molar-refractivity contribution in [3.8, 4) is 0 Å². The van der Waals surface area contributed by atoms with Gasteiger partial charge in [0.1, 0.15) is 0 Å². The van der Waals surface area contributed by atoms with Crippen LogP contribution in [0, 0.1) is 5.92 Å². The van der Waals surface area contributed by atoms with E-state index in [2.05, 4.69) is 24.3 Å². The van der Waals surface area contributed by atoms with E-state index in [1.807, 2.05) is 4.68 Å². The zero-order valence-corrected chi connectivity index (χ0v) is 13.6. The Balaban J connectivity index is 2.00. The van der Waals surface area contributed by atoms with Gasteiger partial charge < -0.3 is 5.32 Å². The Hall–Kier alpha value is -0.540. The van der Waals surface area contributed by atoms with E-state index in [1.165, 1.54) is 50.6 Å². The molecule has 1 heterocycles. The molecule has 0 radical (unpaired) electrons. The highest BCUT2D eigenvalue weighted by molar-refractivity contribution is 6.31. The van der Waals surface area contributed by atoms with Crippen molar-refractivity contribution in [3.05, 3.63) is 16.9 Å². The van der Waals surface area contributed by atoms with Crippen LogP contribution in [0.25, 0.3) is 0 Å². The van der Waals surface area contributed by atoms with Gasteiger partial charge >= 0.3 is 0 Å². The average molecular weight is 298 g/mol. The highest BCUT2D eigenvalue weighted by Gasteiger charge is 2.21. The van der Waals surface area contributed by atoms with E-state index in [-0.39, 0.29) is 0 Å². The van der Waals surface area contributed by atoms with Crippen molar-refractivity contribution in [2.24, 2.45) is 5.92 Å². The van der Waals surface area contributed by atoms with Crippen LogP contribution in [0.3, 0.4) is 0 Å². The van der Waals surface area contributed by atoms with Crippen LogP contribution in [0.2, 0.25) is 5.02 Å². The normalized spacial score (nSPS) is 18.4. The maximum Gasteiger partial charge on any atom is 0.0834 e. The van der Waals surface area contributed by atoms with E-state index in [9.17, 15) is 0 Å². The van der Waals surface area contributed by atoms with Gasteiger partial charge in [-0.05, 0) is 32.2 Å². The monoisotopic (exact) mass is 297 g/mol. The highest BCUT2D eigenvalue weighted by atomic mass is 35.5. The van der Waals surface area contributed by atoms with Crippen LogP contribution in [0.1, 0.15) is 70.5 Å². The van der Waals surface area contributed by atoms with Crippen molar-refractivity contribution in [1.29, 1.82) is 0 Å². The molecule has 0 aromatic carbocycles. The van der Waals surface area contributed by atoms with Gasteiger partial charge in [0.25, 0.3) is 0 Å². The molecule has 1 unspecified atom stereocenters. The molecule has 0 saturated heterocycles. The van der Waals surface area contributed by atoms with Gasteiger partial charge in [-0.1, -0.05) is 50.6 Å². The molecule has 3 nitrogen and oxygen atoms in total. The van der Waals surface area contributed by atoms with Gasteiger partial charge in [-0.25, -0.2) is 0 Å². The number of aromatic nitrogens is 2. The minimum absolute atomic E-state index is 0.344. The number of nitrogens with one attached hydrogen (secondary N) is 1. The summed E-state index contributed by atoms with van der Waals surface area (Å²) < 4.78 is 2.04. The third-order valence-electron chi connectivity index (χ3n) is 4.50. The lowest BCUT2D eigenvalue weighted by molar-refractivity contribution is 0.311. The molecule has 1 aromatic heterocycles. The first-order valence-electron chi connectivity index (χ1n) is 8.20. The first kappa shape index (κ1) is 15.8. The van der Waals surface area contributed by atoms with Crippen molar-refractivity contribution < 1.29 is 0 Å². The molecule has 0 spiro atoms. The molecule has 0 aliphatic heterocycles. The van der Waals surface area contributed by atoms with Crippen LogP contribution in [0.4, 0.5) is 0 Å². The minimum atomic E-state index is 0.344. The number of aryl methyl sites for hydroxylation is 1. The second-order valence-electron chi connectivity index (χ2n) is 5.89. The zero-order valence-electron chi connectivity index (χ0n) is 12.9. The molecule has 1 atom stereocenters. The smallest absolute Gasteiger partial charge is 0.0834 e. The number of halogens is 1. The third-order valence-corrected chi connectivity index (χ3v) is 4.79. The maximum atomic E-state index is 6.35. The molecule has 1 aliphatic carbocycles. The molecule has 2 rings (SSSR count). The van der Waals surface area contributed by atoms with Crippen LogP contribution in [0.15, 0.2) is 6.20 Å². The van der Waals surface area contributed by atoms with Crippen LogP contribution >= 0.6 is 11.6 Å². The molecule has 1 saturated carbocycles. The summed E-state index contributed by atoms with van der Waals surface area (Å²) in [7, 11) is 0. The van der Waals surface area contributed by atoms with Crippen molar-refractivity contribution in [2.45, 2.75) is 71.4 Å². The first-order chi connectivity index (χ1) is 9.76. The van der Waals surface area contributed by atoms with E-state index in [1.54, 1.807) is 6.20 Å². The van der Waals surface area contributed by atoms with Gasteiger partial charge in [0.15, 0.2) is 0 Å². The molecule has 1 fully saturated rings. The van der Waals surface area contributed by atoms with Crippen molar-refractivity contribution in [1.82, 2.24) is 15.1 Å². The summed E-state index contributed by atoms with van der Waals surface area (Å²) in [6.45, 7) is 6.14. The summed E-state index contributed by atoms with van der Waals surface area (Å²) in [6, 6.07) is 0.344. The third kappa shape index (κ3) is 3.98. The predicted molar refractivity (Wildman–Crippen MR) is 85.1 cm³/mol. The molecule has 1 N–H and O–H groups in total. The van der Waals surface area contributed by atoms with E-state index in [0.29, 0.717) is 6.04 Å². The lowest BCUT2D eigenvalue weighted by Crippen LogP contribution is -2.25. The van der Waals surface area contributed by atoms with Gasteiger partial charge in [-0.2, -0.15) is 5.10 Å². The van der Waals surface area contributed by atoms with E-state index < -0.39 is 0 Å². The Kier molecular flexibility index (Phi) is 6.37. The van der Waals surface area contributed by atoms with Gasteiger partial charge in [0.2, 0.25) is 0 Å². The summed E-state index contributed by atoms with van der Waals surface area (Å²) >= 11 is 6.35. The summed E-state index contributed by atoms with van der Waals surface area (Å²) in [4.78, 5) is 0. The molecule has 1 aromatic rings. The quantitative estimate of drug-likeness (QED) is 0.799. The minimum Gasteiger partial charge on any atom is -0.309 e. The lowest BCUT2D eigenvalue weighted by atomic mass is 9.85. The molecule has 114 valence electrons. The summed E-state index contributed by atoms with van der Waals surface area (Å²) in [6.07, 6.45) is 11.4. The molecular formula is C16H28ClN3. The van der Waals surface area contributed by atoms with Crippen LogP contribution in [-0.4, -0.2) is 16.3 Å². The number of hydrogen-bond acceptors (Lipinski definition) is 2. The summed E-state index contributed by atoms with van der Waals surface area (Å²) in [5.74, 6) is 0.918. The molecule has 0 amide bonds. The number of hydrogen-bond donors (Lipinski definition) is 1. The Labute approximate surface area is 128 Å². The van der Waals surface area contributed by atoms with Gasteiger partial charge in [-0.3, -0.25) is 4.68 Å². The number of nitrogens with zero attached hydrogens (tertiary/aromatic N) is 2. The Morgan fingerprint density at radius 2 is 2.10 bits per heavy atom. The fourth-order valence-electron chi connectivity index (χ4n) is 3.43. The largest absolute Gasteiger partial charge is 0.309 e. The number of rotatable bonds is 7. The maximum absolute atomic E-state index is 6.35. The average Bonchev–Trinajstić information content (AvgIpc) is 2.85. The predicted octanol–water partition coefficient (Wildman–Crippen LogP) is 4.57. The molecular weight excluding hydrogens is 270 g/mol. The van der Waals surface area contributed by atoms with E-state index in [0.717, 1.165) is 24.0 Å². The second-order valence-corrected chi connectivity index (χ2v) is 6.29. The lowest BCUT2D eigenvalue weighted by Gasteiger charge is -2.25. The van der Waals surface area contributed by atoms with Gasteiger partial charge in [0.05, 0.1) is 23.0 Å². The Bertz CT molecular complexity index is 396. The van der Waals surface area contributed by atoms with Crippen LogP contribution in [0.5, 0.6) is 0 Å². The molecule has 1 aliphatic rings. The Morgan fingerprint density at radius 3 is 2.75 bits per heavy atom. The van der Waals surface area contributed by atoms with Crippen LogP contribution in [-0.2, 0) is 6.54 Å². The zero-order chi connectivity index (χ0) is 14.4. The van der Waals surface area contributed by atoms with Gasteiger partial charge in [-0.15, -0.1) is 0 Å². The fraction of sp³-hybridized carbons (Fsp3) is 0.812. The van der Waals surface area contributed by atoms with Crippen LogP contribution < -0.4 is 5.32 Å². The van der Waals surface area contributed by atoms with E-state index >= 15 is 0 Å². The standard InChI is InChI=1S/C16H28ClN3/c1-3-18-15(11-10-13-8-6-5-7-9-13)16-14(17)12-19-20(16)4-2/h12-13,15,18H,3-11H2,1-2H3. The van der Waals surface area contributed by atoms with E-state index in [4.69, 9.17) is 11.6 Å². The van der Waals surface area contributed by atoms with Crippen molar-refractivity contribution in [3.63, 3.8) is 0 Å². The van der Waals surface area contributed by atoms with Crippen molar-refractivity contribution >= 4 is 11.6 Å². The Morgan fingerprint density at radius 1 is 1.35 bits per heavy atom. The summed E-state index contributed by atoms with van der Waals surface area (Å²) in [5.41, 5.74) is 1.17. The van der Waals surface area contributed by atoms with Crippen molar-refractivity contribution in [2.75, 3.05) is 6.54 Å². The van der Waals surface area contributed by atoms with Gasteiger partial charge in [0, 0.05) is 6.54 Å². The first-order valence-corrected chi connectivity index (χ1v) is 8.58.